The van der Waals surface area contributed by atoms with Gasteiger partial charge in [-0.05, 0) is 50.2 Å². The van der Waals surface area contributed by atoms with E-state index in [0.29, 0.717) is 24.6 Å². The highest BCUT2D eigenvalue weighted by molar-refractivity contribution is 5.68. The second-order valence-corrected chi connectivity index (χ2v) is 8.13. The Kier molecular flexibility index (Phi) is 5.40. The SMILES string of the molecule is C=C(Nc1ccc(N2CCN(C)CC2)c(C(F)(F)F)c1)N1CCc2cc(C)ccc21. The summed E-state index contributed by atoms with van der Waals surface area (Å²) in [5, 5.41) is 3.09. The summed E-state index contributed by atoms with van der Waals surface area (Å²) in [6, 6.07) is 10.7. The van der Waals surface area contributed by atoms with Gasteiger partial charge in [0, 0.05) is 49.8 Å². The molecule has 0 radical (unpaired) electrons. The molecule has 0 spiro atoms. The van der Waals surface area contributed by atoms with E-state index in [1.807, 2.05) is 29.0 Å². The van der Waals surface area contributed by atoms with E-state index >= 15 is 0 Å². The van der Waals surface area contributed by atoms with Crippen LogP contribution in [0.2, 0.25) is 0 Å². The molecule has 1 N–H and O–H groups in total. The van der Waals surface area contributed by atoms with E-state index in [2.05, 4.69) is 29.8 Å². The van der Waals surface area contributed by atoms with Crippen LogP contribution in [0.5, 0.6) is 0 Å². The molecule has 0 bridgehead atoms. The maximum Gasteiger partial charge on any atom is 0.418 e. The summed E-state index contributed by atoms with van der Waals surface area (Å²) in [5.41, 5.74) is 3.52. The molecule has 2 aliphatic heterocycles. The number of nitrogens with zero attached hydrogens (tertiary/aromatic N) is 3. The minimum Gasteiger partial charge on any atom is -0.368 e. The van der Waals surface area contributed by atoms with Crippen molar-refractivity contribution < 1.29 is 13.2 Å². The van der Waals surface area contributed by atoms with Crippen LogP contribution in [0.25, 0.3) is 0 Å². The molecule has 2 aromatic carbocycles. The summed E-state index contributed by atoms with van der Waals surface area (Å²) in [7, 11) is 1.98. The van der Waals surface area contributed by atoms with Crippen LogP contribution in [0.15, 0.2) is 48.8 Å². The molecule has 1 saturated heterocycles. The monoisotopic (exact) mass is 416 g/mol. The Labute approximate surface area is 175 Å². The van der Waals surface area contributed by atoms with Gasteiger partial charge < -0.3 is 20.0 Å². The Hall–Kier alpha value is -2.67. The van der Waals surface area contributed by atoms with Crippen LogP contribution in [-0.2, 0) is 12.6 Å². The predicted octanol–water partition coefficient (Wildman–Crippen LogP) is 4.71. The third kappa shape index (κ3) is 4.12. The minimum atomic E-state index is -4.42. The fourth-order valence-electron chi connectivity index (χ4n) is 4.21. The van der Waals surface area contributed by atoms with E-state index in [0.717, 1.165) is 31.7 Å². The quantitative estimate of drug-likeness (QED) is 0.779. The van der Waals surface area contributed by atoms with Crippen molar-refractivity contribution in [1.29, 1.82) is 0 Å². The molecule has 0 saturated carbocycles. The number of likely N-dealkylation sites (N-methyl/N-ethyl adjacent to an activating group) is 1. The Morgan fingerprint density at radius 3 is 2.37 bits per heavy atom. The lowest BCUT2D eigenvalue weighted by atomic mass is 10.1. The average molecular weight is 416 g/mol. The van der Waals surface area contributed by atoms with E-state index in [1.165, 1.54) is 17.2 Å². The third-order valence-electron chi connectivity index (χ3n) is 5.89. The number of hydrogen-bond acceptors (Lipinski definition) is 4. The van der Waals surface area contributed by atoms with E-state index in [-0.39, 0.29) is 5.69 Å². The molecule has 160 valence electrons. The fourth-order valence-corrected chi connectivity index (χ4v) is 4.21. The Bertz CT molecular complexity index is 946. The van der Waals surface area contributed by atoms with Gasteiger partial charge in [-0.2, -0.15) is 13.2 Å². The van der Waals surface area contributed by atoms with Gasteiger partial charge in [-0.15, -0.1) is 0 Å². The molecule has 4 nitrogen and oxygen atoms in total. The third-order valence-corrected chi connectivity index (χ3v) is 5.89. The van der Waals surface area contributed by atoms with Gasteiger partial charge in [-0.25, -0.2) is 0 Å². The fraction of sp³-hybridized carbons (Fsp3) is 0.391. The molecule has 0 aliphatic carbocycles. The maximum atomic E-state index is 13.8. The molecule has 7 heteroatoms. The van der Waals surface area contributed by atoms with Crippen molar-refractivity contribution in [2.24, 2.45) is 0 Å². The molecule has 1 fully saturated rings. The molecule has 0 atom stereocenters. The van der Waals surface area contributed by atoms with Crippen LogP contribution < -0.4 is 15.1 Å². The van der Waals surface area contributed by atoms with E-state index in [1.54, 1.807) is 12.1 Å². The first kappa shape index (κ1) is 20.6. The molecule has 0 unspecified atom stereocenters. The summed E-state index contributed by atoms with van der Waals surface area (Å²) in [4.78, 5) is 5.97. The van der Waals surface area contributed by atoms with Crippen LogP contribution in [0.1, 0.15) is 16.7 Å². The van der Waals surface area contributed by atoms with Crippen LogP contribution >= 0.6 is 0 Å². The Balaban J connectivity index is 1.56. The number of halogens is 3. The molecule has 2 heterocycles. The van der Waals surface area contributed by atoms with Crippen molar-refractivity contribution in [2.45, 2.75) is 19.5 Å². The standard InChI is InChI=1S/C23H27F3N4/c1-16-4-6-21-18(14-16)8-9-30(21)17(2)27-19-5-7-22(20(15-19)23(24,25)26)29-12-10-28(3)11-13-29/h4-7,14-15,27H,2,8-13H2,1,3H3. The van der Waals surface area contributed by atoms with E-state index < -0.39 is 11.7 Å². The van der Waals surface area contributed by atoms with Gasteiger partial charge >= 0.3 is 6.18 Å². The van der Waals surface area contributed by atoms with E-state index in [9.17, 15) is 13.2 Å². The van der Waals surface area contributed by atoms with Gasteiger partial charge in [-0.1, -0.05) is 24.3 Å². The van der Waals surface area contributed by atoms with Crippen molar-refractivity contribution in [3.05, 3.63) is 65.5 Å². The van der Waals surface area contributed by atoms with Crippen molar-refractivity contribution in [3.63, 3.8) is 0 Å². The molecular weight excluding hydrogens is 389 g/mol. The molecule has 0 aromatic heterocycles. The lowest BCUT2D eigenvalue weighted by Gasteiger charge is -2.35. The molecular formula is C23H27F3N4. The van der Waals surface area contributed by atoms with Crippen LogP contribution in [-0.4, -0.2) is 44.7 Å². The topological polar surface area (TPSA) is 21.8 Å². The zero-order valence-electron chi connectivity index (χ0n) is 17.4. The maximum absolute atomic E-state index is 13.8. The number of alkyl halides is 3. The summed E-state index contributed by atoms with van der Waals surface area (Å²) < 4.78 is 41.5. The number of hydrogen-bond donors (Lipinski definition) is 1. The largest absolute Gasteiger partial charge is 0.418 e. The minimum absolute atomic E-state index is 0.244. The van der Waals surface area contributed by atoms with Crippen molar-refractivity contribution >= 4 is 17.1 Å². The zero-order chi connectivity index (χ0) is 21.5. The van der Waals surface area contributed by atoms with Crippen molar-refractivity contribution in [3.8, 4) is 0 Å². The first-order chi connectivity index (χ1) is 14.2. The van der Waals surface area contributed by atoms with Crippen molar-refractivity contribution in [2.75, 3.05) is 54.9 Å². The highest BCUT2D eigenvalue weighted by Gasteiger charge is 2.36. The Morgan fingerprint density at radius 1 is 0.967 bits per heavy atom. The molecule has 4 rings (SSSR count). The number of aryl methyl sites for hydroxylation is 1. The summed E-state index contributed by atoms with van der Waals surface area (Å²) in [6.07, 6.45) is -3.52. The van der Waals surface area contributed by atoms with Gasteiger partial charge in [0.05, 0.1) is 5.56 Å². The molecule has 2 aromatic rings. The van der Waals surface area contributed by atoms with E-state index in [4.69, 9.17) is 0 Å². The second kappa shape index (κ2) is 7.87. The lowest BCUT2D eigenvalue weighted by Crippen LogP contribution is -2.45. The predicted molar refractivity (Wildman–Crippen MR) is 116 cm³/mol. The first-order valence-corrected chi connectivity index (χ1v) is 10.2. The molecule has 30 heavy (non-hydrogen) atoms. The lowest BCUT2D eigenvalue weighted by molar-refractivity contribution is -0.137. The van der Waals surface area contributed by atoms with Crippen molar-refractivity contribution in [1.82, 2.24) is 4.90 Å². The number of nitrogens with one attached hydrogen (secondary N) is 1. The van der Waals surface area contributed by atoms with Gasteiger partial charge in [0.2, 0.25) is 0 Å². The number of benzene rings is 2. The normalized spacial score (nSPS) is 17.2. The number of rotatable bonds is 4. The highest BCUT2D eigenvalue weighted by Crippen LogP contribution is 2.39. The summed E-state index contributed by atoms with van der Waals surface area (Å²) in [6.45, 7) is 9.57. The zero-order valence-corrected chi connectivity index (χ0v) is 17.4. The highest BCUT2D eigenvalue weighted by atomic mass is 19.4. The average Bonchev–Trinajstić information content (AvgIpc) is 3.11. The summed E-state index contributed by atoms with van der Waals surface area (Å²) in [5.74, 6) is 0.582. The molecule has 0 amide bonds. The van der Waals surface area contributed by atoms with Crippen LogP contribution in [0.3, 0.4) is 0 Å². The number of anilines is 3. The van der Waals surface area contributed by atoms with Crippen LogP contribution in [0.4, 0.5) is 30.2 Å². The second-order valence-electron chi connectivity index (χ2n) is 8.13. The van der Waals surface area contributed by atoms with Crippen LogP contribution in [0, 0.1) is 6.92 Å². The summed E-state index contributed by atoms with van der Waals surface area (Å²) >= 11 is 0. The Morgan fingerprint density at radius 2 is 1.67 bits per heavy atom. The van der Waals surface area contributed by atoms with Gasteiger partial charge in [0.25, 0.3) is 0 Å². The number of fused-ring (bicyclic) bond motifs is 1. The smallest absolute Gasteiger partial charge is 0.368 e. The number of piperazine rings is 1. The first-order valence-electron chi connectivity index (χ1n) is 10.2. The van der Waals surface area contributed by atoms with Gasteiger partial charge in [-0.3, -0.25) is 0 Å². The van der Waals surface area contributed by atoms with Gasteiger partial charge in [0.15, 0.2) is 0 Å². The van der Waals surface area contributed by atoms with Gasteiger partial charge in [0.1, 0.15) is 5.82 Å². The molecule has 2 aliphatic rings.